The summed E-state index contributed by atoms with van der Waals surface area (Å²) in [5.74, 6) is -0.867. The molecule has 0 aliphatic carbocycles. The average Bonchev–Trinajstić information content (AvgIpc) is 2.35. The van der Waals surface area contributed by atoms with Crippen LogP contribution in [0.25, 0.3) is 0 Å². The Balaban J connectivity index is 3.02. The molecule has 1 aromatic heterocycles. The van der Waals surface area contributed by atoms with Crippen LogP contribution in [0.5, 0.6) is 0 Å². The molecule has 0 saturated heterocycles. The number of likely N-dealkylation sites (N-methyl/N-ethyl adjacent to an activating group) is 1. The summed E-state index contributed by atoms with van der Waals surface area (Å²) in [7, 11) is 5.24. The van der Waals surface area contributed by atoms with Crippen LogP contribution in [0, 0.1) is 0 Å². The van der Waals surface area contributed by atoms with Crippen LogP contribution in [-0.2, 0) is 11.8 Å². The smallest absolute Gasteiger partial charge is 0.327 e. The van der Waals surface area contributed by atoms with Gasteiger partial charge in [-0.2, -0.15) is 0 Å². The summed E-state index contributed by atoms with van der Waals surface area (Å²) in [6.07, 6.45) is 3.16. The molecule has 1 rings (SSSR count). The van der Waals surface area contributed by atoms with Crippen LogP contribution in [0.4, 0.5) is 0 Å². The van der Waals surface area contributed by atoms with Crippen molar-refractivity contribution in [3.8, 4) is 0 Å². The van der Waals surface area contributed by atoms with Crippen LogP contribution >= 0.6 is 0 Å². The molecule has 13 heavy (non-hydrogen) atoms. The Hall–Kier alpha value is -1.36. The van der Waals surface area contributed by atoms with E-state index < -0.39 is 12.0 Å². The number of aliphatic carboxylic acids is 1. The van der Waals surface area contributed by atoms with Crippen LogP contribution in [0.1, 0.15) is 11.7 Å². The van der Waals surface area contributed by atoms with Crippen molar-refractivity contribution >= 4 is 5.97 Å². The number of rotatable bonds is 3. The lowest BCUT2D eigenvalue weighted by molar-refractivity contribution is -0.142. The molecule has 0 amide bonds. The lowest BCUT2D eigenvalue weighted by Gasteiger charge is -2.19. The molecule has 0 aliphatic rings. The van der Waals surface area contributed by atoms with Gasteiger partial charge in [-0.05, 0) is 14.1 Å². The molecular formula is C8H13N3O2. The fourth-order valence-corrected chi connectivity index (χ4v) is 1.24. The highest BCUT2D eigenvalue weighted by molar-refractivity contribution is 5.74. The molecule has 1 heterocycles. The average molecular weight is 183 g/mol. The second kappa shape index (κ2) is 3.57. The lowest BCUT2D eigenvalue weighted by atomic mass is 10.2. The van der Waals surface area contributed by atoms with Crippen molar-refractivity contribution in [1.82, 2.24) is 14.5 Å². The molecule has 72 valence electrons. The van der Waals surface area contributed by atoms with Crippen LogP contribution < -0.4 is 0 Å². The van der Waals surface area contributed by atoms with Gasteiger partial charge in [0.15, 0.2) is 0 Å². The number of aryl methyl sites for hydroxylation is 1. The van der Waals surface area contributed by atoms with Gasteiger partial charge in [0, 0.05) is 7.05 Å². The highest BCUT2D eigenvalue weighted by Crippen LogP contribution is 2.16. The Kier molecular flexibility index (Phi) is 2.67. The number of carbonyl (C=O) groups is 1. The van der Waals surface area contributed by atoms with E-state index >= 15 is 0 Å². The van der Waals surface area contributed by atoms with E-state index in [1.165, 1.54) is 0 Å². The normalized spacial score (nSPS) is 13.2. The monoisotopic (exact) mass is 183 g/mol. The molecule has 0 saturated carbocycles. The van der Waals surface area contributed by atoms with Crippen molar-refractivity contribution in [3.05, 3.63) is 18.2 Å². The van der Waals surface area contributed by atoms with Crippen molar-refractivity contribution in [3.63, 3.8) is 0 Å². The Bertz CT molecular complexity index is 306. The third-order valence-corrected chi connectivity index (χ3v) is 1.88. The SMILES string of the molecule is CN(C)[C@@H](C(=O)O)c1cncn1C. The van der Waals surface area contributed by atoms with E-state index in [-0.39, 0.29) is 0 Å². The van der Waals surface area contributed by atoms with Crippen LogP contribution in [0.3, 0.4) is 0 Å². The highest BCUT2D eigenvalue weighted by atomic mass is 16.4. The molecule has 1 atom stereocenters. The third kappa shape index (κ3) is 1.86. The van der Waals surface area contributed by atoms with Gasteiger partial charge in [-0.25, -0.2) is 4.98 Å². The number of carboxylic acids is 1. The summed E-state index contributed by atoms with van der Waals surface area (Å²) in [6, 6.07) is -0.632. The molecule has 0 aromatic carbocycles. The highest BCUT2D eigenvalue weighted by Gasteiger charge is 2.24. The van der Waals surface area contributed by atoms with Crippen molar-refractivity contribution in [1.29, 1.82) is 0 Å². The molecule has 0 bridgehead atoms. The van der Waals surface area contributed by atoms with E-state index in [2.05, 4.69) is 4.98 Å². The fourth-order valence-electron chi connectivity index (χ4n) is 1.24. The molecule has 1 N–H and O–H groups in total. The van der Waals surface area contributed by atoms with Crippen LogP contribution in [0.15, 0.2) is 12.5 Å². The van der Waals surface area contributed by atoms with Crippen molar-refractivity contribution in [2.75, 3.05) is 14.1 Å². The Morgan fingerprint density at radius 3 is 2.62 bits per heavy atom. The van der Waals surface area contributed by atoms with Crippen molar-refractivity contribution in [2.24, 2.45) is 7.05 Å². The predicted octanol–water partition coefficient (Wildman–Crippen LogP) is 0.107. The van der Waals surface area contributed by atoms with Crippen LogP contribution in [0.2, 0.25) is 0 Å². The van der Waals surface area contributed by atoms with Gasteiger partial charge in [0.05, 0.1) is 18.2 Å². The maximum atomic E-state index is 10.9. The molecule has 0 radical (unpaired) electrons. The summed E-state index contributed by atoms with van der Waals surface area (Å²) >= 11 is 0. The zero-order valence-corrected chi connectivity index (χ0v) is 7.93. The van der Waals surface area contributed by atoms with E-state index in [1.807, 2.05) is 0 Å². The van der Waals surface area contributed by atoms with Crippen LogP contribution in [-0.4, -0.2) is 39.6 Å². The number of nitrogens with zero attached hydrogens (tertiary/aromatic N) is 3. The minimum absolute atomic E-state index is 0.632. The minimum atomic E-state index is -0.867. The zero-order chi connectivity index (χ0) is 10.0. The van der Waals surface area contributed by atoms with Gasteiger partial charge in [0.25, 0.3) is 0 Å². The lowest BCUT2D eigenvalue weighted by Crippen LogP contribution is -2.28. The molecule has 5 heteroatoms. The Labute approximate surface area is 76.6 Å². The van der Waals surface area contributed by atoms with E-state index in [0.29, 0.717) is 5.69 Å². The Morgan fingerprint density at radius 2 is 2.31 bits per heavy atom. The first kappa shape index (κ1) is 9.73. The Morgan fingerprint density at radius 1 is 1.69 bits per heavy atom. The summed E-state index contributed by atoms with van der Waals surface area (Å²) in [4.78, 5) is 16.4. The summed E-state index contributed by atoms with van der Waals surface area (Å²) in [5, 5.41) is 8.96. The topological polar surface area (TPSA) is 58.4 Å². The third-order valence-electron chi connectivity index (χ3n) is 1.88. The molecule has 1 aromatic rings. The maximum Gasteiger partial charge on any atom is 0.327 e. The number of hydrogen-bond acceptors (Lipinski definition) is 3. The standard InChI is InChI=1S/C8H13N3O2/c1-10(2)7(8(12)13)6-4-9-5-11(6)3/h4-5,7H,1-3H3,(H,12,13)/t7-/m1/s1. The van der Waals surface area contributed by atoms with Gasteiger partial charge in [-0.15, -0.1) is 0 Å². The fraction of sp³-hybridized carbons (Fsp3) is 0.500. The first-order valence-corrected chi connectivity index (χ1v) is 3.89. The van der Waals surface area contributed by atoms with Gasteiger partial charge in [0.1, 0.15) is 6.04 Å². The van der Waals surface area contributed by atoms with Gasteiger partial charge >= 0.3 is 5.97 Å². The van der Waals surface area contributed by atoms with Crippen molar-refractivity contribution < 1.29 is 9.90 Å². The van der Waals surface area contributed by atoms with E-state index in [0.717, 1.165) is 0 Å². The van der Waals surface area contributed by atoms with Crippen molar-refractivity contribution in [2.45, 2.75) is 6.04 Å². The van der Waals surface area contributed by atoms with Gasteiger partial charge in [-0.3, -0.25) is 9.69 Å². The second-order valence-electron chi connectivity index (χ2n) is 3.13. The van der Waals surface area contributed by atoms with E-state index in [4.69, 9.17) is 5.11 Å². The van der Waals surface area contributed by atoms with E-state index in [1.54, 1.807) is 43.1 Å². The number of hydrogen-bond donors (Lipinski definition) is 1. The number of carboxylic acid groups (broad SMARTS) is 1. The molecule has 0 aliphatic heterocycles. The molecular weight excluding hydrogens is 170 g/mol. The summed E-state index contributed by atoms with van der Waals surface area (Å²) in [5.41, 5.74) is 0.678. The quantitative estimate of drug-likeness (QED) is 0.722. The predicted molar refractivity (Wildman–Crippen MR) is 47.3 cm³/mol. The second-order valence-corrected chi connectivity index (χ2v) is 3.13. The molecule has 0 unspecified atom stereocenters. The molecule has 5 nitrogen and oxygen atoms in total. The number of imidazole rings is 1. The summed E-state index contributed by atoms with van der Waals surface area (Å²) in [6.45, 7) is 0. The van der Waals surface area contributed by atoms with E-state index in [9.17, 15) is 4.79 Å². The minimum Gasteiger partial charge on any atom is -0.480 e. The molecule has 0 spiro atoms. The first-order valence-electron chi connectivity index (χ1n) is 3.89. The summed E-state index contributed by atoms with van der Waals surface area (Å²) < 4.78 is 1.71. The largest absolute Gasteiger partial charge is 0.480 e. The van der Waals surface area contributed by atoms with Gasteiger partial charge < -0.3 is 9.67 Å². The maximum absolute atomic E-state index is 10.9. The molecule has 0 fully saturated rings. The van der Waals surface area contributed by atoms with Gasteiger partial charge in [-0.1, -0.05) is 0 Å². The zero-order valence-electron chi connectivity index (χ0n) is 7.93. The number of aromatic nitrogens is 2. The first-order chi connectivity index (χ1) is 6.04. The van der Waals surface area contributed by atoms with Gasteiger partial charge in [0.2, 0.25) is 0 Å².